The number of unbranched alkanes of at least 4 members (excludes halogenated alkanes) is 2. The molecular weight excluding hydrogens is 302 g/mol. The van der Waals surface area contributed by atoms with Gasteiger partial charge in [0.15, 0.2) is 0 Å². The summed E-state index contributed by atoms with van der Waals surface area (Å²) < 4.78 is 29.5. The van der Waals surface area contributed by atoms with E-state index in [-0.39, 0.29) is 11.6 Å². The van der Waals surface area contributed by atoms with E-state index in [1.807, 2.05) is 0 Å². The largest absolute Gasteiger partial charge is 0.207 e. The normalized spacial score (nSPS) is 26.1. The Bertz CT molecular complexity index is 564. The van der Waals surface area contributed by atoms with Crippen LogP contribution in [0, 0.1) is 23.5 Å². The fourth-order valence-corrected chi connectivity index (χ4v) is 5.18. The standard InChI is InChI=1S/C22H32F2/c1-3-5-6-8-19-21(23)14-20-17-11-9-15(7-4-2)13-16(17)10-12-18(20)22(19)24/h14-17H,3-13H2,1-2H3. The Hall–Kier alpha value is -0.920. The van der Waals surface area contributed by atoms with E-state index in [0.29, 0.717) is 23.8 Å². The average Bonchev–Trinajstić information content (AvgIpc) is 2.58. The molecule has 0 spiro atoms. The van der Waals surface area contributed by atoms with Gasteiger partial charge in [-0.05, 0) is 79.9 Å². The highest BCUT2D eigenvalue weighted by Gasteiger charge is 2.37. The molecule has 2 heteroatoms. The lowest BCUT2D eigenvalue weighted by Gasteiger charge is -2.41. The van der Waals surface area contributed by atoms with Gasteiger partial charge in [0, 0.05) is 5.56 Å². The second-order valence-electron chi connectivity index (χ2n) is 8.05. The zero-order valence-corrected chi connectivity index (χ0v) is 15.3. The highest BCUT2D eigenvalue weighted by molar-refractivity contribution is 5.40. The van der Waals surface area contributed by atoms with Crippen molar-refractivity contribution in [2.45, 2.75) is 90.4 Å². The van der Waals surface area contributed by atoms with E-state index in [0.717, 1.165) is 55.6 Å². The van der Waals surface area contributed by atoms with Crippen molar-refractivity contribution in [1.29, 1.82) is 0 Å². The quantitative estimate of drug-likeness (QED) is 0.494. The van der Waals surface area contributed by atoms with Gasteiger partial charge in [0.2, 0.25) is 0 Å². The van der Waals surface area contributed by atoms with Gasteiger partial charge in [0.05, 0.1) is 0 Å². The van der Waals surface area contributed by atoms with Gasteiger partial charge in [-0.2, -0.15) is 0 Å². The van der Waals surface area contributed by atoms with Crippen LogP contribution in [-0.4, -0.2) is 0 Å². The van der Waals surface area contributed by atoms with E-state index in [9.17, 15) is 8.78 Å². The third kappa shape index (κ3) is 3.53. The van der Waals surface area contributed by atoms with Gasteiger partial charge in [-0.3, -0.25) is 0 Å². The van der Waals surface area contributed by atoms with Gasteiger partial charge in [-0.1, -0.05) is 39.5 Å². The third-order valence-corrected chi connectivity index (χ3v) is 6.43. The van der Waals surface area contributed by atoms with Gasteiger partial charge in [-0.15, -0.1) is 0 Å². The van der Waals surface area contributed by atoms with Crippen LogP contribution in [0.1, 0.15) is 94.2 Å². The number of hydrogen-bond donors (Lipinski definition) is 0. The molecule has 1 aromatic rings. The lowest BCUT2D eigenvalue weighted by molar-refractivity contribution is 0.199. The first-order valence-electron chi connectivity index (χ1n) is 10.1. The van der Waals surface area contributed by atoms with Crippen molar-refractivity contribution in [3.8, 4) is 0 Å². The summed E-state index contributed by atoms with van der Waals surface area (Å²) in [6.07, 6.45) is 11.6. The molecule has 0 nitrogen and oxygen atoms in total. The van der Waals surface area contributed by atoms with Crippen LogP contribution in [-0.2, 0) is 12.8 Å². The SMILES string of the molecule is CCCCCc1c(F)cc2c(c1F)CCC1CC(CCC)CCC21. The molecule has 2 aliphatic carbocycles. The van der Waals surface area contributed by atoms with Gasteiger partial charge >= 0.3 is 0 Å². The molecule has 3 rings (SSSR count). The van der Waals surface area contributed by atoms with Crippen LogP contribution in [0.25, 0.3) is 0 Å². The van der Waals surface area contributed by atoms with E-state index < -0.39 is 0 Å². The maximum Gasteiger partial charge on any atom is 0.132 e. The van der Waals surface area contributed by atoms with Crippen molar-refractivity contribution < 1.29 is 8.78 Å². The molecule has 0 aromatic heterocycles. The topological polar surface area (TPSA) is 0 Å². The molecule has 134 valence electrons. The van der Waals surface area contributed by atoms with Crippen molar-refractivity contribution >= 4 is 0 Å². The molecule has 0 aliphatic heterocycles. The van der Waals surface area contributed by atoms with Crippen molar-refractivity contribution in [2.75, 3.05) is 0 Å². The van der Waals surface area contributed by atoms with Crippen LogP contribution < -0.4 is 0 Å². The molecule has 0 N–H and O–H groups in total. The summed E-state index contributed by atoms with van der Waals surface area (Å²) in [6, 6.07) is 1.71. The molecule has 3 unspecified atom stereocenters. The summed E-state index contributed by atoms with van der Waals surface area (Å²) in [4.78, 5) is 0. The maximum absolute atomic E-state index is 15.0. The minimum atomic E-state index is -0.293. The van der Waals surface area contributed by atoms with Crippen LogP contribution >= 0.6 is 0 Å². The van der Waals surface area contributed by atoms with Gasteiger partial charge in [0.1, 0.15) is 11.6 Å². The molecule has 1 aromatic carbocycles. The molecule has 0 bridgehead atoms. The predicted octanol–water partition coefficient (Wildman–Crippen LogP) is 6.94. The van der Waals surface area contributed by atoms with Crippen LogP contribution in [0.15, 0.2) is 6.07 Å². The monoisotopic (exact) mass is 334 g/mol. The Morgan fingerprint density at radius 3 is 2.62 bits per heavy atom. The molecule has 24 heavy (non-hydrogen) atoms. The van der Waals surface area contributed by atoms with Crippen LogP contribution in [0.3, 0.4) is 0 Å². The average molecular weight is 334 g/mol. The highest BCUT2D eigenvalue weighted by Crippen LogP contribution is 2.48. The minimum Gasteiger partial charge on any atom is -0.207 e. The summed E-state index contributed by atoms with van der Waals surface area (Å²) in [7, 11) is 0. The van der Waals surface area contributed by atoms with E-state index in [2.05, 4.69) is 13.8 Å². The number of benzene rings is 1. The molecule has 2 aliphatic rings. The van der Waals surface area contributed by atoms with Gasteiger partial charge in [-0.25, -0.2) is 8.78 Å². The summed E-state index contributed by atoms with van der Waals surface area (Å²) in [6.45, 7) is 4.38. The summed E-state index contributed by atoms with van der Waals surface area (Å²) in [5, 5.41) is 0. The Morgan fingerprint density at radius 2 is 1.88 bits per heavy atom. The van der Waals surface area contributed by atoms with E-state index in [4.69, 9.17) is 0 Å². The second-order valence-corrected chi connectivity index (χ2v) is 8.05. The zero-order chi connectivity index (χ0) is 17.1. The van der Waals surface area contributed by atoms with E-state index >= 15 is 0 Å². The van der Waals surface area contributed by atoms with Crippen LogP contribution in [0.4, 0.5) is 8.78 Å². The van der Waals surface area contributed by atoms with Crippen LogP contribution in [0.5, 0.6) is 0 Å². The molecule has 0 amide bonds. The van der Waals surface area contributed by atoms with Gasteiger partial charge in [0.25, 0.3) is 0 Å². The molecule has 0 radical (unpaired) electrons. The summed E-state index contributed by atoms with van der Waals surface area (Å²) >= 11 is 0. The van der Waals surface area contributed by atoms with Gasteiger partial charge < -0.3 is 0 Å². The lowest BCUT2D eigenvalue weighted by Crippen LogP contribution is -2.29. The molecule has 1 fully saturated rings. The van der Waals surface area contributed by atoms with E-state index in [1.165, 1.54) is 25.7 Å². The molecule has 1 saturated carbocycles. The lowest BCUT2D eigenvalue weighted by atomic mass is 9.64. The fourth-order valence-electron chi connectivity index (χ4n) is 5.18. The Kier molecular flexibility index (Phi) is 5.94. The first kappa shape index (κ1) is 17.9. The number of fused-ring (bicyclic) bond motifs is 3. The van der Waals surface area contributed by atoms with E-state index in [1.54, 1.807) is 6.07 Å². The smallest absolute Gasteiger partial charge is 0.132 e. The Morgan fingerprint density at radius 1 is 1.04 bits per heavy atom. The highest BCUT2D eigenvalue weighted by atomic mass is 19.1. The summed E-state index contributed by atoms with van der Waals surface area (Å²) in [5.41, 5.74) is 2.20. The fraction of sp³-hybridized carbons (Fsp3) is 0.727. The first-order valence-corrected chi connectivity index (χ1v) is 10.1. The number of rotatable bonds is 6. The summed E-state index contributed by atoms with van der Waals surface area (Å²) in [5.74, 6) is 1.37. The van der Waals surface area contributed by atoms with Crippen molar-refractivity contribution in [2.24, 2.45) is 11.8 Å². The molecule has 0 saturated heterocycles. The minimum absolute atomic E-state index is 0.213. The number of halogens is 2. The van der Waals surface area contributed by atoms with Crippen LogP contribution in [0.2, 0.25) is 0 Å². The molecule has 0 heterocycles. The molecule has 3 atom stereocenters. The maximum atomic E-state index is 15.0. The predicted molar refractivity (Wildman–Crippen MR) is 96.4 cm³/mol. The second kappa shape index (κ2) is 7.97. The van der Waals surface area contributed by atoms with Crippen molar-refractivity contribution in [1.82, 2.24) is 0 Å². The third-order valence-electron chi connectivity index (χ3n) is 6.43. The first-order chi connectivity index (χ1) is 11.7. The van der Waals surface area contributed by atoms with Crippen molar-refractivity contribution in [3.63, 3.8) is 0 Å². The molecular formula is C22H32F2. The Labute approximate surface area is 146 Å². The number of hydrogen-bond acceptors (Lipinski definition) is 0. The Balaban J connectivity index is 1.82. The zero-order valence-electron chi connectivity index (χ0n) is 15.3. The van der Waals surface area contributed by atoms with Crippen molar-refractivity contribution in [3.05, 3.63) is 34.4 Å².